The number of alkyl halides is 2. The summed E-state index contributed by atoms with van der Waals surface area (Å²) in [6, 6.07) is 0.657. The molecule has 6 heteroatoms. The molecule has 0 bridgehead atoms. The van der Waals surface area contributed by atoms with E-state index in [1.165, 1.54) is 0 Å². The van der Waals surface area contributed by atoms with Gasteiger partial charge in [0.05, 0.1) is 0 Å². The van der Waals surface area contributed by atoms with E-state index in [1.807, 2.05) is 0 Å². The van der Waals surface area contributed by atoms with Crippen LogP contribution in [0.3, 0.4) is 0 Å². The van der Waals surface area contributed by atoms with E-state index in [9.17, 15) is 22.0 Å². The van der Waals surface area contributed by atoms with E-state index >= 15 is 0 Å². The van der Waals surface area contributed by atoms with Crippen LogP contribution < -0.4 is 0 Å². The molecule has 1 N–H and O–H groups in total. The largest absolute Gasteiger partial charge is 0.382 e. The maximum absolute atomic E-state index is 12.5. The summed E-state index contributed by atoms with van der Waals surface area (Å²) in [6.07, 6.45) is -5.50. The highest BCUT2D eigenvalue weighted by Gasteiger charge is 2.22. The standard InChI is InChI=1S/C8H5F5O/c9-4-1-3(7(14)8(12)13)2-5(10)6(4)11/h1-2,7-8,14H. The molecule has 1 rings (SSSR count). The van der Waals surface area contributed by atoms with E-state index in [1.54, 1.807) is 0 Å². The van der Waals surface area contributed by atoms with Crippen molar-refractivity contribution in [3.05, 3.63) is 35.1 Å². The van der Waals surface area contributed by atoms with Crippen molar-refractivity contribution >= 4 is 0 Å². The lowest BCUT2D eigenvalue weighted by atomic mass is 10.1. The summed E-state index contributed by atoms with van der Waals surface area (Å²) >= 11 is 0. The molecule has 0 aliphatic rings. The monoisotopic (exact) mass is 212 g/mol. The molecule has 0 heterocycles. The number of rotatable bonds is 2. The van der Waals surface area contributed by atoms with Crippen molar-refractivity contribution in [1.29, 1.82) is 0 Å². The topological polar surface area (TPSA) is 20.2 Å². The molecule has 0 amide bonds. The first kappa shape index (κ1) is 10.9. The summed E-state index contributed by atoms with van der Waals surface area (Å²) in [5, 5.41) is 8.73. The average molecular weight is 212 g/mol. The Labute approximate surface area is 75.8 Å². The van der Waals surface area contributed by atoms with E-state index in [2.05, 4.69) is 0 Å². The molecular weight excluding hydrogens is 207 g/mol. The van der Waals surface area contributed by atoms with Gasteiger partial charge in [0.2, 0.25) is 0 Å². The fourth-order valence-electron chi connectivity index (χ4n) is 0.891. The van der Waals surface area contributed by atoms with E-state index in [0.29, 0.717) is 12.1 Å². The van der Waals surface area contributed by atoms with Crippen LogP contribution in [0.5, 0.6) is 0 Å². The van der Waals surface area contributed by atoms with Crippen molar-refractivity contribution in [3.63, 3.8) is 0 Å². The third-order valence-corrected chi connectivity index (χ3v) is 1.59. The Morgan fingerprint density at radius 2 is 1.43 bits per heavy atom. The second-order valence-corrected chi connectivity index (χ2v) is 2.58. The Morgan fingerprint density at radius 1 is 1.00 bits per heavy atom. The number of benzene rings is 1. The van der Waals surface area contributed by atoms with E-state index < -0.39 is 35.5 Å². The third-order valence-electron chi connectivity index (χ3n) is 1.59. The molecule has 1 atom stereocenters. The maximum Gasteiger partial charge on any atom is 0.268 e. The molecule has 0 aliphatic carbocycles. The summed E-state index contributed by atoms with van der Waals surface area (Å²) in [5.41, 5.74) is -0.698. The van der Waals surface area contributed by atoms with Crippen LogP contribution in [0.4, 0.5) is 22.0 Å². The van der Waals surface area contributed by atoms with Gasteiger partial charge in [-0.15, -0.1) is 0 Å². The van der Waals surface area contributed by atoms with Crippen molar-refractivity contribution in [2.45, 2.75) is 12.5 Å². The van der Waals surface area contributed by atoms with Gasteiger partial charge >= 0.3 is 0 Å². The molecule has 0 saturated carbocycles. The molecule has 0 saturated heterocycles. The van der Waals surface area contributed by atoms with Gasteiger partial charge in [0.15, 0.2) is 17.5 Å². The fraction of sp³-hybridized carbons (Fsp3) is 0.250. The van der Waals surface area contributed by atoms with Crippen LogP contribution in [-0.2, 0) is 0 Å². The zero-order valence-corrected chi connectivity index (χ0v) is 6.65. The number of hydrogen-bond donors (Lipinski definition) is 1. The van der Waals surface area contributed by atoms with Crippen LogP contribution in [0.1, 0.15) is 11.7 Å². The Bertz CT molecular complexity index is 315. The lowest BCUT2D eigenvalue weighted by molar-refractivity contribution is -0.00616. The smallest absolute Gasteiger partial charge is 0.268 e. The van der Waals surface area contributed by atoms with Crippen molar-refractivity contribution in [3.8, 4) is 0 Å². The van der Waals surface area contributed by atoms with Crippen molar-refractivity contribution in [1.82, 2.24) is 0 Å². The molecule has 0 radical (unpaired) electrons. The summed E-state index contributed by atoms with van der Waals surface area (Å²) in [6.45, 7) is 0. The van der Waals surface area contributed by atoms with Gasteiger partial charge in [-0.2, -0.15) is 0 Å². The van der Waals surface area contributed by atoms with Gasteiger partial charge in [-0.1, -0.05) is 0 Å². The quantitative estimate of drug-likeness (QED) is 0.589. The molecule has 0 aromatic heterocycles. The predicted octanol–water partition coefficient (Wildman–Crippen LogP) is 2.40. The molecule has 0 spiro atoms. The highest BCUT2D eigenvalue weighted by Crippen LogP contribution is 2.23. The molecule has 0 fully saturated rings. The Balaban J connectivity index is 3.12. The van der Waals surface area contributed by atoms with E-state index in [-0.39, 0.29) is 0 Å². The van der Waals surface area contributed by atoms with Crippen molar-refractivity contribution < 1.29 is 27.1 Å². The summed E-state index contributed by atoms with van der Waals surface area (Å²) in [5.74, 6) is -4.98. The van der Waals surface area contributed by atoms with Gasteiger partial charge in [-0.3, -0.25) is 0 Å². The maximum atomic E-state index is 12.5. The molecule has 1 aromatic carbocycles. The van der Waals surface area contributed by atoms with Gasteiger partial charge < -0.3 is 5.11 Å². The summed E-state index contributed by atoms with van der Waals surface area (Å²) < 4.78 is 61.1. The number of halogens is 5. The van der Waals surface area contributed by atoms with E-state index in [0.717, 1.165) is 0 Å². The Hall–Kier alpha value is -1.17. The predicted molar refractivity (Wildman–Crippen MR) is 37.3 cm³/mol. The first-order chi connectivity index (χ1) is 6.43. The molecule has 14 heavy (non-hydrogen) atoms. The zero-order valence-electron chi connectivity index (χ0n) is 6.65. The molecule has 78 valence electrons. The molecule has 1 aromatic rings. The third kappa shape index (κ3) is 2.01. The van der Waals surface area contributed by atoms with Crippen LogP contribution >= 0.6 is 0 Å². The van der Waals surface area contributed by atoms with Crippen molar-refractivity contribution in [2.75, 3.05) is 0 Å². The first-order valence-electron chi connectivity index (χ1n) is 3.54. The average Bonchev–Trinajstić information content (AvgIpc) is 2.12. The number of aliphatic hydroxyl groups excluding tert-OH is 1. The van der Waals surface area contributed by atoms with Crippen LogP contribution in [0, 0.1) is 17.5 Å². The summed E-state index contributed by atoms with van der Waals surface area (Å²) in [7, 11) is 0. The summed E-state index contributed by atoms with van der Waals surface area (Å²) in [4.78, 5) is 0. The van der Waals surface area contributed by atoms with Gasteiger partial charge in [0.25, 0.3) is 6.43 Å². The second-order valence-electron chi connectivity index (χ2n) is 2.58. The molecular formula is C8H5F5O. The van der Waals surface area contributed by atoms with Crippen LogP contribution in [0.25, 0.3) is 0 Å². The van der Waals surface area contributed by atoms with E-state index in [4.69, 9.17) is 5.11 Å². The molecule has 1 unspecified atom stereocenters. The highest BCUT2D eigenvalue weighted by atomic mass is 19.3. The minimum Gasteiger partial charge on any atom is -0.382 e. The minimum atomic E-state index is -3.18. The van der Waals surface area contributed by atoms with Crippen molar-refractivity contribution in [2.24, 2.45) is 0 Å². The lowest BCUT2D eigenvalue weighted by Crippen LogP contribution is -2.09. The van der Waals surface area contributed by atoms with Crippen LogP contribution in [0.15, 0.2) is 12.1 Å². The molecule has 1 nitrogen and oxygen atoms in total. The van der Waals surface area contributed by atoms with Gasteiger partial charge in [0.1, 0.15) is 6.10 Å². The Morgan fingerprint density at radius 3 is 1.79 bits per heavy atom. The number of hydrogen-bond acceptors (Lipinski definition) is 1. The zero-order chi connectivity index (χ0) is 10.9. The highest BCUT2D eigenvalue weighted by molar-refractivity contribution is 5.21. The normalized spacial score (nSPS) is 13.4. The lowest BCUT2D eigenvalue weighted by Gasteiger charge is -2.09. The van der Waals surface area contributed by atoms with Gasteiger partial charge in [-0.25, -0.2) is 22.0 Å². The number of aliphatic hydroxyl groups is 1. The first-order valence-corrected chi connectivity index (χ1v) is 3.54. The SMILES string of the molecule is OC(c1cc(F)c(F)c(F)c1)C(F)F. The molecule has 0 aliphatic heterocycles. The second kappa shape index (κ2) is 3.91. The van der Waals surface area contributed by atoms with Gasteiger partial charge in [-0.05, 0) is 17.7 Å². The van der Waals surface area contributed by atoms with Crippen LogP contribution in [-0.4, -0.2) is 11.5 Å². The Kier molecular flexibility index (Phi) is 3.05. The fourth-order valence-corrected chi connectivity index (χ4v) is 0.891. The van der Waals surface area contributed by atoms with Crippen LogP contribution in [0.2, 0.25) is 0 Å². The minimum absolute atomic E-state index is 0.329. The van der Waals surface area contributed by atoms with Gasteiger partial charge in [0, 0.05) is 0 Å².